The highest BCUT2D eigenvalue weighted by Gasteiger charge is 1.97. The molecule has 9 heavy (non-hydrogen) atoms. The first-order valence-corrected chi connectivity index (χ1v) is 2.17. The lowest BCUT2D eigenvalue weighted by molar-refractivity contribution is 0.283. The summed E-state index contributed by atoms with van der Waals surface area (Å²) in [6, 6.07) is -0.764. The second kappa shape index (κ2) is 4.89. The lowest BCUT2D eigenvalue weighted by atomic mass is 10.4. The Balaban J connectivity index is 3.82. The average Bonchev–Trinajstić information content (AvgIpc) is 1.88. The quantitative estimate of drug-likeness (QED) is 0.141. The zero-order valence-corrected chi connectivity index (χ0v) is 4.55. The number of aliphatic hydroxyl groups excluding tert-OH is 1. The van der Waals surface area contributed by atoms with Crippen molar-refractivity contribution in [3.8, 4) is 0 Å². The normalized spacial score (nSPS) is 13.0. The third-order valence-corrected chi connectivity index (χ3v) is 0.626. The van der Waals surface area contributed by atoms with Crippen molar-refractivity contribution >= 4 is 6.21 Å². The van der Waals surface area contributed by atoms with Gasteiger partial charge in [0.25, 0.3) is 0 Å². The smallest absolute Gasteiger partial charge is 0.0991 e. The molecule has 0 radical (unpaired) electrons. The molecule has 6 nitrogen and oxygen atoms in total. The van der Waals surface area contributed by atoms with Crippen LogP contribution in [-0.4, -0.2) is 29.2 Å². The van der Waals surface area contributed by atoms with E-state index in [2.05, 4.69) is 15.2 Å². The third-order valence-electron chi connectivity index (χ3n) is 0.626. The Morgan fingerprint density at radius 3 is 2.78 bits per heavy atom. The lowest BCUT2D eigenvalue weighted by Gasteiger charge is -1.93. The van der Waals surface area contributed by atoms with E-state index >= 15 is 0 Å². The molecule has 0 aromatic rings. The largest absolute Gasteiger partial charge is 0.411 e. The van der Waals surface area contributed by atoms with Crippen LogP contribution in [0.15, 0.2) is 10.3 Å². The fraction of sp³-hybridized carbons (Fsp3) is 0.667. The fourth-order valence-electron chi connectivity index (χ4n) is 0.257. The van der Waals surface area contributed by atoms with Crippen molar-refractivity contribution in [2.75, 3.05) is 6.61 Å². The van der Waals surface area contributed by atoms with Gasteiger partial charge in [-0.25, -0.2) is 0 Å². The van der Waals surface area contributed by atoms with Crippen LogP contribution < -0.4 is 0 Å². The van der Waals surface area contributed by atoms with E-state index in [0.717, 1.165) is 6.21 Å². The molecular formula is C3H6N4O2. The highest BCUT2D eigenvalue weighted by molar-refractivity contribution is 5.63. The van der Waals surface area contributed by atoms with E-state index in [1.807, 2.05) is 0 Å². The SMILES string of the molecule is [N-]=[N+]=NC(/C=N/O)CO. The molecule has 0 amide bonds. The lowest BCUT2D eigenvalue weighted by Crippen LogP contribution is -2.09. The van der Waals surface area contributed by atoms with Gasteiger partial charge in [0.05, 0.1) is 18.9 Å². The van der Waals surface area contributed by atoms with Crippen LogP contribution in [0.3, 0.4) is 0 Å². The van der Waals surface area contributed by atoms with E-state index in [1.165, 1.54) is 0 Å². The molecular weight excluding hydrogens is 124 g/mol. The van der Waals surface area contributed by atoms with Crippen LogP contribution in [0.25, 0.3) is 10.4 Å². The second-order valence-electron chi connectivity index (χ2n) is 1.22. The van der Waals surface area contributed by atoms with Gasteiger partial charge in [-0.15, -0.1) is 5.16 Å². The number of rotatable bonds is 3. The van der Waals surface area contributed by atoms with E-state index in [-0.39, 0.29) is 6.61 Å². The fourth-order valence-corrected chi connectivity index (χ4v) is 0.257. The summed E-state index contributed by atoms with van der Waals surface area (Å²) in [6.07, 6.45) is 0.944. The third kappa shape index (κ3) is 3.33. The maximum Gasteiger partial charge on any atom is 0.0991 e. The Hall–Kier alpha value is -1.26. The number of azide groups is 1. The summed E-state index contributed by atoms with van der Waals surface area (Å²) in [5.74, 6) is 0. The first-order valence-electron chi connectivity index (χ1n) is 2.17. The van der Waals surface area contributed by atoms with Crippen molar-refractivity contribution in [3.05, 3.63) is 10.4 Å². The monoisotopic (exact) mass is 130 g/mol. The topological polar surface area (TPSA) is 102 Å². The van der Waals surface area contributed by atoms with Crippen molar-refractivity contribution in [2.24, 2.45) is 10.3 Å². The first kappa shape index (κ1) is 7.74. The number of aliphatic hydroxyl groups is 1. The Morgan fingerprint density at radius 1 is 1.78 bits per heavy atom. The van der Waals surface area contributed by atoms with E-state index in [9.17, 15) is 0 Å². The van der Waals surface area contributed by atoms with Crippen molar-refractivity contribution in [3.63, 3.8) is 0 Å². The average molecular weight is 130 g/mol. The van der Waals surface area contributed by atoms with Gasteiger partial charge in [-0.2, -0.15) is 0 Å². The van der Waals surface area contributed by atoms with Crippen molar-refractivity contribution in [1.82, 2.24) is 0 Å². The van der Waals surface area contributed by atoms with E-state index in [1.54, 1.807) is 0 Å². The van der Waals surface area contributed by atoms with Crippen LogP contribution in [0.1, 0.15) is 0 Å². The Morgan fingerprint density at radius 2 is 2.44 bits per heavy atom. The van der Waals surface area contributed by atoms with Crippen LogP contribution in [0, 0.1) is 0 Å². The summed E-state index contributed by atoms with van der Waals surface area (Å²) in [4.78, 5) is 2.39. The van der Waals surface area contributed by atoms with E-state index in [4.69, 9.17) is 15.8 Å². The van der Waals surface area contributed by atoms with Gasteiger partial charge in [0, 0.05) is 4.91 Å². The molecule has 0 aromatic heterocycles. The first-order chi connectivity index (χ1) is 4.35. The van der Waals surface area contributed by atoms with E-state index < -0.39 is 6.04 Å². The minimum absolute atomic E-state index is 0.353. The predicted molar refractivity (Wildman–Crippen MR) is 30.3 cm³/mol. The van der Waals surface area contributed by atoms with Gasteiger partial charge >= 0.3 is 0 Å². The highest BCUT2D eigenvalue weighted by Crippen LogP contribution is 1.84. The zero-order valence-electron chi connectivity index (χ0n) is 4.55. The minimum Gasteiger partial charge on any atom is -0.411 e. The molecule has 0 saturated carbocycles. The van der Waals surface area contributed by atoms with Crippen molar-refractivity contribution in [1.29, 1.82) is 0 Å². The maximum atomic E-state index is 8.32. The van der Waals surface area contributed by atoms with Crippen LogP contribution in [0.2, 0.25) is 0 Å². The molecule has 1 unspecified atom stereocenters. The summed E-state index contributed by atoms with van der Waals surface area (Å²) in [7, 11) is 0. The number of hydrogen-bond acceptors (Lipinski definition) is 4. The van der Waals surface area contributed by atoms with Gasteiger partial charge in [0.2, 0.25) is 0 Å². The van der Waals surface area contributed by atoms with Gasteiger partial charge in [0.1, 0.15) is 0 Å². The van der Waals surface area contributed by atoms with Crippen LogP contribution in [0.4, 0.5) is 0 Å². The summed E-state index contributed by atoms with van der Waals surface area (Å²) in [6.45, 7) is -0.353. The molecule has 50 valence electrons. The summed E-state index contributed by atoms with van der Waals surface area (Å²) >= 11 is 0. The molecule has 0 aliphatic heterocycles. The summed E-state index contributed by atoms with van der Waals surface area (Å²) < 4.78 is 0. The molecule has 0 aliphatic carbocycles. The van der Waals surface area contributed by atoms with Crippen LogP contribution in [-0.2, 0) is 0 Å². The standard InChI is InChI=1S/C3H6N4O2/c4-7-6-3(2-8)1-5-9/h1,3,8-9H,2H2/b5-1+. The summed E-state index contributed by atoms with van der Waals surface area (Å²) in [5.41, 5.74) is 7.80. The molecule has 0 bridgehead atoms. The number of oxime groups is 1. The minimum atomic E-state index is -0.764. The molecule has 0 rings (SSSR count). The van der Waals surface area contributed by atoms with Gasteiger partial charge in [0.15, 0.2) is 0 Å². The van der Waals surface area contributed by atoms with Gasteiger partial charge in [-0.1, -0.05) is 5.11 Å². The molecule has 6 heteroatoms. The van der Waals surface area contributed by atoms with E-state index in [0.29, 0.717) is 0 Å². The molecule has 1 atom stereocenters. The van der Waals surface area contributed by atoms with Crippen molar-refractivity contribution < 1.29 is 10.3 Å². The molecule has 0 fully saturated rings. The molecule has 0 spiro atoms. The Bertz CT molecular complexity index is 139. The Labute approximate surface area is 51.0 Å². The van der Waals surface area contributed by atoms with Gasteiger partial charge in [-0.05, 0) is 5.53 Å². The van der Waals surface area contributed by atoms with Gasteiger partial charge < -0.3 is 10.3 Å². The Kier molecular flexibility index (Phi) is 4.20. The van der Waals surface area contributed by atoms with Crippen molar-refractivity contribution in [2.45, 2.75) is 6.04 Å². The van der Waals surface area contributed by atoms with Gasteiger partial charge in [-0.3, -0.25) is 0 Å². The zero-order chi connectivity index (χ0) is 7.11. The molecule has 0 heterocycles. The molecule has 0 aromatic carbocycles. The molecule has 2 N–H and O–H groups in total. The van der Waals surface area contributed by atoms with Crippen LogP contribution in [0.5, 0.6) is 0 Å². The maximum absolute atomic E-state index is 8.32. The summed E-state index contributed by atoms with van der Waals surface area (Å²) in [5, 5.41) is 21.8. The molecule has 0 aliphatic rings. The van der Waals surface area contributed by atoms with Crippen LogP contribution >= 0.6 is 0 Å². The number of nitrogens with zero attached hydrogens (tertiary/aromatic N) is 4. The second-order valence-corrected chi connectivity index (χ2v) is 1.22. The number of hydrogen-bond donors (Lipinski definition) is 2. The predicted octanol–water partition coefficient (Wildman–Crippen LogP) is 0.118. The highest BCUT2D eigenvalue weighted by atomic mass is 16.4. The molecule has 0 saturated heterocycles.